The fourth-order valence-corrected chi connectivity index (χ4v) is 2.97. The summed E-state index contributed by atoms with van der Waals surface area (Å²) in [5, 5.41) is 16.8. The number of ether oxygens (including phenoxy) is 3. The zero-order valence-corrected chi connectivity index (χ0v) is 18.1. The summed E-state index contributed by atoms with van der Waals surface area (Å²) in [6, 6.07) is 8.75. The highest BCUT2D eigenvalue weighted by Crippen LogP contribution is 2.35. The second-order valence-corrected chi connectivity index (χ2v) is 7.13. The van der Waals surface area contributed by atoms with Crippen molar-refractivity contribution in [3.63, 3.8) is 0 Å². The lowest BCUT2D eigenvalue weighted by Crippen LogP contribution is -2.28. The van der Waals surface area contributed by atoms with E-state index in [1.807, 2.05) is 0 Å². The van der Waals surface area contributed by atoms with Crippen molar-refractivity contribution in [2.75, 3.05) is 25.6 Å². The summed E-state index contributed by atoms with van der Waals surface area (Å²) < 4.78 is 15.4. The van der Waals surface area contributed by atoms with E-state index in [0.29, 0.717) is 0 Å². The van der Waals surface area contributed by atoms with E-state index >= 15 is 0 Å². The Bertz CT molecular complexity index is 1080. The summed E-state index contributed by atoms with van der Waals surface area (Å²) in [4.78, 5) is 47.9. The summed E-state index contributed by atoms with van der Waals surface area (Å²) in [7, 11) is 1.32. The summed E-state index contributed by atoms with van der Waals surface area (Å²) in [6.45, 7) is 1.21. The van der Waals surface area contributed by atoms with Crippen LogP contribution in [-0.4, -0.2) is 49.1 Å². The number of nitrogens with zero attached hydrogens (tertiary/aromatic N) is 1. The molecule has 0 atom stereocenters. The second-order valence-electron chi connectivity index (χ2n) is 7.13. The number of rotatable bonds is 10. The largest absolute Gasteiger partial charge is 0.493 e. The normalized spacial score (nSPS) is 12.4. The maximum Gasteiger partial charge on any atom is 0.345 e. The molecule has 0 aromatic heterocycles. The first-order chi connectivity index (χ1) is 15.8. The molecular formula is C22H23N3O8. The first-order valence-electron chi connectivity index (χ1n) is 10.2. The van der Waals surface area contributed by atoms with Gasteiger partial charge in [-0.3, -0.25) is 19.7 Å². The van der Waals surface area contributed by atoms with Crippen LogP contribution in [0.15, 0.2) is 36.4 Å². The van der Waals surface area contributed by atoms with Gasteiger partial charge in [-0.05, 0) is 31.9 Å². The molecule has 0 bridgehead atoms. The van der Waals surface area contributed by atoms with Crippen LogP contribution in [0.1, 0.15) is 40.5 Å². The molecule has 2 amide bonds. The van der Waals surface area contributed by atoms with Crippen molar-refractivity contribution < 1.29 is 33.5 Å². The van der Waals surface area contributed by atoms with Gasteiger partial charge in [-0.25, -0.2) is 4.79 Å². The Labute approximate surface area is 189 Å². The highest BCUT2D eigenvalue weighted by molar-refractivity contribution is 6.04. The SMILES string of the molecule is CCOc1cc([N+](=O)[O-])c(C(=O)OCC(=O)Nc2ccccc2C(=O)NC2CC2)cc1OC. The van der Waals surface area contributed by atoms with Crippen LogP contribution in [0, 0.1) is 10.1 Å². The van der Waals surface area contributed by atoms with Crippen LogP contribution in [0.4, 0.5) is 11.4 Å². The summed E-state index contributed by atoms with van der Waals surface area (Å²) in [5.74, 6) is -1.91. The number of nitrogens with one attached hydrogen (secondary N) is 2. The van der Waals surface area contributed by atoms with Crippen molar-refractivity contribution in [1.82, 2.24) is 5.32 Å². The maximum atomic E-state index is 12.5. The van der Waals surface area contributed by atoms with Gasteiger partial charge in [0, 0.05) is 12.1 Å². The third-order valence-corrected chi connectivity index (χ3v) is 4.69. The van der Waals surface area contributed by atoms with E-state index < -0.39 is 34.7 Å². The van der Waals surface area contributed by atoms with E-state index in [-0.39, 0.29) is 41.3 Å². The molecule has 2 aromatic carbocycles. The van der Waals surface area contributed by atoms with Crippen molar-refractivity contribution in [2.45, 2.75) is 25.8 Å². The predicted octanol–water partition coefficient (Wildman–Crippen LogP) is 2.69. The second kappa shape index (κ2) is 10.4. The van der Waals surface area contributed by atoms with Crippen LogP contribution in [0.25, 0.3) is 0 Å². The lowest BCUT2D eigenvalue weighted by Gasteiger charge is -2.13. The van der Waals surface area contributed by atoms with Crippen molar-refractivity contribution in [3.05, 3.63) is 57.6 Å². The quantitative estimate of drug-likeness (QED) is 0.315. The Balaban J connectivity index is 1.69. The van der Waals surface area contributed by atoms with Crippen LogP contribution < -0.4 is 20.1 Å². The molecule has 0 heterocycles. The van der Waals surface area contributed by atoms with E-state index in [1.165, 1.54) is 7.11 Å². The molecule has 1 fully saturated rings. The molecule has 3 rings (SSSR count). The minimum Gasteiger partial charge on any atom is -0.493 e. The number of benzene rings is 2. The fourth-order valence-electron chi connectivity index (χ4n) is 2.97. The monoisotopic (exact) mass is 457 g/mol. The van der Waals surface area contributed by atoms with Gasteiger partial charge in [0.2, 0.25) is 0 Å². The van der Waals surface area contributed by atoms with E-state index in [9.17, 15) is 24.5 Å². The summed E-state index contributed by atoms with van der Waals surface area (Å²) in [5.41, 5.74) is -0.412. The predicted molar refractivity (Wildman–Crippen MR) is 117 cm³/mol. The van der Waals surface area contributed by atoms with Gasteiger partial charge in [0.25, 0.3) is 17.5 Å². The smallest absolute Gasteiger partial charge is 0.345 e. The molecule has 33 heavy (non-hydrogen) atoms. The number of nitro benzene ring substituents is 1. The first kappa shape index (κ1) is 23.5. The number of amides is 2. The third-order valence-electron chi connectivity index (χ3n) is 4.69. The van der Waals surface area contributed by atoms with Gasteiger partial charge in [0.1, 0.15) is 5.56 Å². The molecule has 11 nitrogen and oxygen atoms in total. The number of carbonyl (C=O) groups is 3. The van der Waals surface area contributed by atoms with Crippen LogP contribution in [0.5, 0.6) is 11.5 Å². The Hall–Kier alpha value is -4.15. The Morgan fingerprint density at radius 1 is 1.12 bits per heavy atom. The molecule has 2 N–H and O–H groups in total. The van der Waals surface area contributed by atoms with E-state index in [4.69, 9.17) is 14.2 Å². The number of para-hydroxylation sites is 1. The van der Waals surface area contributed by atoms with Gasteiger partial charge in [-0.1, -0.05) is 12.1 Å². The fraction of sp³-hybridized carbons (Fsp3) is 0.318. The van der Waals surface area contributed by atoms with Crippen molar-refractivity contribution in [3.8, 4) is 11.5 Å². The molecule has 0 unspecified atom stereocenters. The molecular weight excluding hydrogens is 434 g/mol. The van der Waals surface area contributed by atoms with Gasteiger partial charge in [-0.15, -0.1) is 0 Å². The lowest BCUT2D eigenvalue weighted by atomic mass is 10.1. The molecule has 1 aliphatic rings. The zero-order valence-electron chi connectivity index (χ0n) is 18.1. The van der Waals surface area contributed by atoms with Gasteiger partial charge >= 0.3 is 5.97 Å². The van der Waals surface area contributed by atoms with Crippen LogP contribution in [-0.2, 0) is 9.53 Å². The number of hydrogen-bond acceptors (Lipinski definition) is 8. The molecule has 0 saturated heterocycles. The number of anilines is 1. The molecule has 174 valence electrons. The molecule has 0 aliphatic heterocycles. The van der Waals surface area contributed by atoms with E-state index in [2.05, 4.69) is 10.6 Å². The summed E-state index contributed by atoms with van der Waals surface area (Å²) in [6.07, 6.45) is 1.83. The zero-order chi connectivity index (χ0) is 24.0. The van der Waals surface area contributed by atoms with Gasteiger partial charge in [0.05, 0.1) is 36.0 Å². The third kappa shape index (κ3) is 5.97. The number of esters is 1. The van der Waals surface area contributed by atoms with Crippen LogP contribution in [0.2, 0.25) is 0 Å². The van der Waals surface area contributed by atoms with Gasteiger partial charge in [-0.2, -0.15) is 0 Å². The topological polar surface area (TPSA) is 146 Å². The molecule has 0 radical (unpaired) electrons. The number of methoxy groups -OCH3 is 1. The Morgan fingerprint density at radius 3 is 2.48 bits per heavy atom. The number of carbonyl (C=O) groups excluding carboxylic acids is 3. The van der Waals surface area contributed by atoms with Crippen LogP contribution >= 0.6 is 0 Å². The van der Waals surface area contributed by atoms with Crippen molar-refractivity contribution >= 4 is 29.2 Å². The molecule has 1 aliphatic carbocycles. The Morgan fingerprint density at radius 2 is 1.85 bits per heavy atom. The average Bonchev–Trinajstić information content (AvgIpc) is 3.61. The van der Waals surface area contributed by atoms with E-state index in [0.717, 1.165) is 25.0 Å². The van der Waals surface area contributed by atoms with Gasteiger partial charge < -0.3 is 24.8 Å². The van der Waals surface area contributed by atoms with Crippen molar-refractivity contribution in [1.29, 1.82) is 0 Å². The van der Waals surface area contributed by atoms with Gasteiger partial charge in [0.15, 0.2) is 18.1 Å². The highest BCUT2D eigenvalue weighted by Gasteiger charge is 2.27. The molecule has 2 aromatic rings. The van der Waals surface area contributed by atoms with Crippen molar-refractivity contribution in [2.24, 2.45) is 0 Å². The minimum absolute atomic E-state index is 0.0991. The molecule has 0 spiro atoms. The average molecular weight is 457 g/mol. The molecule has 1 saturated carbocycles. The number of nitro groups is 1. The standard InChI is InChI=1S/C22H23N3O8/c1-3-32-19-11-17(25(29)30)15(10-18(19)31-2)22(28)33-12-20(26)24-16-7-5-4-6-14(16)21(27)23-13-8-9-13/h4-7,10-11,13H,3,8-9,12H2,1-2H3,(H,23,27)(H,24,26). The lowest BCUT2D eigenvalue weighted by molar-refractivity contribution is -0.385. The number of hydrogen-bond donors (Lipinski definition) is 2. The first-order valence-corrected chi connectivity index (χ1v) is 10.2. The van der Waals surface area contributed by atoms with Crippen LogP contribution in [0.3, 0.4) is 0 Å². The minimum atomic E-state index is -1.09. The highest BCUT2D eigenvalue weighted by atomic mass is 16.6. The maximum absolute atomic E-state index is 12.5. The Kier molecular flexibility index (Phi) is 7.44. The summed E-state index contributed by atoms with van der Waals surface area (Å²) >= 11 is 0. The molecule has 11 heteroatoms. The van der Waals surface area contributed by atoms with E-state index in [1.54, 1.807) is 31.2 Å².